The molecular weight excluding hydrogens is 154 g/mol. The molecule has 1 aliphatic rings. The Balaban J connectivity index is 2.45. The predicted molar refractivity (Wildman–Crippen MR) is 47.5 cm³/mol. The number of hydrogen-bond acceptors (Lipinski definition) is 3. The molecule has 0 aromatic heterocycles. The highest BCUT2D eigenvalue weighted by Gasteiger charge is 2.29. The van der Waals surface area contributed by atoms with Crippen LogP contribution in [0, 0.1) is 16.7 Å². The zero-order valence-electron chi connectivity index (χ0n) is 7.82. The van der Waals surface area contributed by atoms with Crippen molar-refractivity contribution >= 4 is 0 Å². The fraction of sp³-hybridized carbons (Fsp3) is 1.00. The van der Waals surface area contributed by atoms with Crippen LogP contribution in [0.15, 0.2) is 5.34 Å². The summed E-state index contributed by atoms with van der Waals surface area (Å²) in [6, 6.07) is 0. The number of rotatable bonds is 3. The highest BCUT2D eigenvalue weighted by atomic mass is 16.7. The third-order valence-electron chi connectivity index (χ3n) is 2.89. The Morgan fingerprint density at radius 3 is 2.83 bits per heavy atom. The van der Waals surface area contributed by atoms with E-state index in [1.807, 2.05) is 0 Å². The first-order valence-electron chi connectivity index (χ1n) is 4.76. The lowest BCUT2D eigenvalue weighted by Crippen LogP contribution is -2.29. The van der Waals surface area contributed by atoms with Crippen molar-refractivity contribution in [2.45, 2.75) is 45.6 Å². The monoisotopic (exact) mass is 171 g/mol. The van der Waals surface area contributed by atoms with Crippen LogP contribution in [0.5, 0.6) is 0 Å². The van der Waals surface area contributed by atoms with Gasteiger partial charge in [0.05, 0.1) is 0 Å². The maximum absolute atomic E-state index is 9.97. The van der Waals surface area contributed by atoms with Crippen LogP contribution < -0.4 is 0 Å². The SMILES string of the molecule is CCC1CCC(C)CC1ON=O. The van der Waals surface area contributed by atoms with Gasteiger partial charge in [0.2, 0.25) is 0 Å². The molecule has 0 heterocycles. The van der Waals surface area contributed by atoms with Gasteiger partial charge in [-0.2, -0.15) is 0 Å². The molecule has 0 radical (unpaired) electrons. The Labute approximate surface area is 73.4 Å². The average molecular weight is 171 g/mol. The van der Waals surface area contributed by atoms with E-state index >= 15 is 0 Å². The van der Waals surface area contributed by atoms with Crippen molar-refractivity contribution in [2.75, 3.05) is 0 Å². The summed E-state index contributed by atoms with van der Waals surface area (Å²) >= 11 is 0. The van der Waals surface area contributed by atoms with Gasteiger partial charge in [-0.15, -0.1) is 4.91 Å². The second-order valence-corrected chi connectivity index (χ2v) is 3.80. The molecule has 3 atom stereocenters. The molecule has 0 saturated heterocycles. The standard InChI is InChI=1S/C9H17NO2/c1-3-8-5-4-7(2)6-9(8)12-10-11/h7-9H,3-6H2,1-2H3. The quantitative estimate of drug-likeness (QED) is 0.483. The minimum absolute atomic E-state index is 0.0799. The second kappa shape index (κ2) is 4.43. The van der Waals surface area contributed by atoms with Crippen molar-refractivity contribution in [2.24, 2.45) is 17.2 Å². The molecule has 0 aliphatic heterocycles. The van der Waals surface area contributed by atoms with Crippen molar-refractivity contribution in [1.82, 2.24) is 0 Å². The Kier molecular flexibility index (Phi) is 3.50. The highest BCUT2D eigenvalue weighted by molar-refractivity contribution is 4.77. The Hall–Kier alpha value is -0.600. The molecule has 1 rings (SSSR count). The van der Waals surface area contributed by atoms with Crippen LogP contribution >= 0.6 is 0 Å². The van der Waals surface area contributed by atoms with E-state index < -0.39 is 0 Å². The second-order valence-electron chi connectivity index (χ2n) is 3.80. The molecule has 3 nitrogen and oxygen atoms in total. The van der Waals surface area contributed by atoms with Gasteiger partial charge in [0.25, 0.3) is 0 Å². The van der Waals surface area contributed by atoms with Crippen LogP contribution in [0.1, 0.15) is 39.5 Å². The molecule has 0 aromatic rings. The molecule has 0 amide bonds. The van der Waals surface area contributed by atoms with Crippen LogP contribution in [0.25, 0.3) is 0 Å². The summed E-state index contributed by atoms with van der Waals surface area (Å²) in [5.74, 6) is 1.22. The van der Waals surface area contributed by atoms with E-state index in [0.717, 1.165) is 12.8 Å². The normalized spacial score (nSPS) is 36.0. The van der Waals surface area contributed by atoms with Gasteiger partial charge in [-0.25, -0.2) is 0 Å². The summed E-state index contributed by atoms with van der Waals surface area (Å²) in [6.07, 6.45) is 4.60. The largest absolute Gasteiger partial charge is 0.360 e. The summed E-state index contributed by atoms with van der Waals surface area (Å²) in [6.45, 7) is 4.34. The molecule has 0 bridgehead atoms. The molecule has 0 spiro atoms. The molecular formula is C9H17NO2. The smallest absolute Gasteiger partial charge is 0.155 e. The third-order valence-corrected chi connectivity index (χ3v) is 2.89. The van der Waals surface area contributed by atoms with Gasteiger partial charge < -0.3 is 4.84 Å². The van der Waals surface area contributed by atoms with E-state index in [1.165, 1.54) is 12.8 Å². The Bertz CT molecular complexity index is 149. The van der Waals surface area contributed by atoms with Crippen molar-refractivity contribution < 1.29 is 4.84 Å². The third kappa shape index (κ3) is 2.19. The van der Waals surface area contributed by atoms with Crippen molar-refractivity contribution in [3.05, 3.63) is 4.91 Å². The van der Waals surface area contributed by atoms with E-state index in [-0.39, 0.29) is 6.10 Å². The minimum Gasteiger partial charge on any atom is -0.360 e. The summed E-state index contributed by atoms with van der Waals surface area (Å²) in [5, 5.41) is 2.54. The van der Waals surface area contributed by atoms with Crippen LogP contribution in [0.4, 0.5) is 0 Å². The topological polar surface area (TPSA) is 38.7 Å². The summed E-state index contributed by atoms with van der Waals surface area (Å²) in [7, 11) is 0. The number of hydrogen-bond donors (Lipinski definition) is 0. The van der Waals surface area contributed by atoms with E-state index in [4.69, 9.17) is 4.84 Å². The van der Waals surface area contributed by atoms with E-state index in [1.54, 1.807) is 0 Å². The lowest BCUT2D eigenvalue weighted by molar-refractivity contribution is -0.0247. The summed E-state index contributed by atoms with van der Waals surface area (Å²) in [5.41, 5.74) is 0. The molecule has 1 fully saturated rings. The van der Waals surface area contributed by atoms with Crippen LogP contribution in [-0.4, -0.2) is 6.10 Å². The van der Waals surface area contributed by atoms with Crippen molar-refractivity contribution in [3.8, 4) is 0 Å². The molecule has 3 heteroatoms. The van der Waals surface area contributed by atoms with Crippen molar-refractivity contribution in [3.63, 3.8) is 0 Å². The first kappa shape index (κ1) is 9.49. The summed E-state index contributed by atoms with van der Waals surface area (Å²) in [4.78, 5) is 14.8. The van der Waals surface area contributed by atoms with E-state index in [2.05, 4.69) is 19.2 Å². The molecule has 0 N–H and O–H groups in total. The zero-order valence-corrected chi connectivity index (χ0v) is 7.82. The molecule has 1 saturated carbocycles. The first-order chi connectivity index (χ1) is 5.77. The predicted octanol–water partition coefficient (Wildman–Crippen LogP) is 2.90. The molecule has 0 aromatic carbocycles. The molecule has 3 unspecified atom stereocenters. The van der Waals surface area contributed by atoms with Gasteiger partial charge in [0.1, 0.15) is 6.10 Å². The van der Waals surface area contributed by atoms with E-state index in [0.29, 0.717) is 11.8 Å². The van der Waals surface area contributed by atoms with Crippen LogP contribution in [0.2, 0.25) is 0 Å². The van der Waals surface area contributed by atoms with Crippen LogP contribution in [-0.2, 0) is 4.84 Å². The van der Waals surface area contributed by atoms with Gasteiger partial charge in [0.15, 0.2) is 5.34 Å². The fourth-order valence-electron chi connectivity index (χ4n) is 2.04. The maximum atomic E-state index is 9.97. The maximum Gasteiger partial charge on any atom is 0.155 e. The molecule has 70 valence electrons. The lowest BCUT2D eigenvalue weighted by atomic mass is 9.79. The lowest BCUT2D eigenvalue weighted by Gasteiger charge is -2.31. The fourth-order valence-corrected chi connectivity index (χ4v) is 2.04. The zero-order chi connectivity index (χ0) is 8.97. The van der Waals surface area contributed by atoms with Gasteiger partial charge >= 0.3 is 0 Å². The Morgan fingerprint density at radius 2 is 2.25 bits per heavy atom. The minimum atomic E-state index is 0.0799. The van der Waals surface area contributed by atoms with Gasteiger partial charge in [-0.1, -0.05) is 20.3 Å². The highest BCUT2D eigenvalue weighted by Crippen LogP contribution is 2.32. The number of nitrogens with zero attached hydrogens (tertiary/aromatic N) is 1. The van der Waals surface area contributed by atoms with Gasteiger partial charge in [-0.3, -0.25) is 0 Å². The van der Waals surface area contributed by atoms with Crippen LogP contribution in [0.3, 0.4) is 0 Å². The van der Waals surface area contributed by atoms with E-state index in [9.17, 15) is 4.91 Å². The van der Waals surface area contributed by atoms with Gasteiger partial charge in [-0.05, 0) is 31.1 Å². The molecule has 1 aliphatic carbocycles. The Morgan fingerprint density at radius 1 is 1.50 bits per heavy atom. The van der Waals surface area contributed by atoms with Gasteiger partial charge in [0, 0.05) is 0 Å². The first-order valence-corrected chi connectivity index (χ1v) is 4.76. The molecule has 12 heavy (non-hydrogen) atoms. The average Bonchev–Trinajstić information content (AvgIpc) is 2.05. The summed E-state index contributed by atoms with van der Waals surface area (Å²) < 4.78 is 0. The van der Waals surface area contributed by atoms with Crippen molar-refractivity contribution in [1.29, 1.82) is 0 Å².